The monoisotopic (exact) mass is 1110 g/mol. The molecule has 0 aromatic carbocycles. The van der Waals surface area contributed by atoms with E-state index in [4.69, 9.17) is 21.9 Å². The van der Waals surface area contributed by atoms with Crippen LogP contribution in [0, 0.1) is 38.9 Å². The van der Waals surface area contributed by atoms with Gasteiger partial charge < -0.3 is 27.3 Å². The van der Waals surface area contributed by atoms with Crippen molar-refractivity contribution in [2.24, 2.45) is 33.5 Å². The van der Waals surface area contributed by atoms with Crippen LogP contribution in [-0.2, 0) is 37.4 Å². The Hall–Kier alpha value is -0.559. The van der Waals surface area contributed by atoms with Gasteiger partial charge >= 0.3 is 32.7 Å². The Labute approximate surface area is 469 Å². The summed E-state index contributed by atoms with van der Waals surface area (Å²) in [7, 11) is -5.92. The van der Waals surface area contributed by atoms with E-state index in [1.165, 1.54) is 12.8 Å². The number of hydrogen-bond acceptors (Lipinski definition) is 2. The van der Waals surface area contributed by atoms with Crippen LogP contribution in [0.25, 0.3) is 17.2 Å². The summed E-state index contributed by atoms with van der Waals surface area (Å²) in [5.74, 6) is 0.233. The Balaban J connectivity index is -0.000000478. The maximum atomic E-state index is 9.24. The number of rotatable bonds is 11. The van der Waals surface area contributed by atoms with Gasteiger partial charge in [0, 0.05) is 30.3 Å². The Bertz CT molecular complexity index is 1670. The van der Waals surface area contributed by atoms with Crippen LogP contribution in [0.2, 0.25) is 78.6 Å². The van der Waals surface area contributed by atoms with E-state index in [9.17, 15) is 5.41 Å². The van der Waals surface area contributed by atoms with Gasteiger partial charge in [-0.05, 0) is 61.2 Å². The minimum absolute atomic E-state index is 0. The first-order chi connectivity index (χ1) is 30.0. The second-order valence-corrected chi connectivity index (χ2v) is 52.5. The summed E-state index contributed by atoms with van der Waals surface area (Å²) in [5.41, 5.74) is 34.3. The Kier molecular flexibility index (Phi) is 31.0. The van der Waals surface area contributed by atoms with Crippen molar-refractivity contribution < 1.29 is 37.4 Å². The molecule has 0 aromatic heterocycles. The van der Waals surface area contributed by atoms with Crippen LogP contribution in [0.1, 0.15) is 179 Å². The standard InChI is InChI=1S/C28H57N2Si2.2C14H28NSi.C4H8O.Y/c1-25(2,3)23(29)19-21(20-32(15,16)28(10,11)12)22(24(30)26(4,5)6)17-18-31(13,14)27(7,8)9;2*1-13(2,3)12(15)10-9-11-16(7,8)14(4,5)6;1-2-4-5-3-1;/h17-19,21-22,29-30H,20H2,1-16H3;2*9-11,15H,1-8H3;1-4H2;/q3*-1;;+3. The van der Waals surface area contributed by atoms with Crippen LogP contribution in [-0.4, -0.2) is 51.2 Å². The van der Waals surface area contributed by atoms with E-state index in [-0.39, 0.29) is 76.3 Å². The van der Waals surface area contributed by atoms with Gasteiger partial charge in [-0.2, -0.15) is 17.1 Å². The van der Waals surface area contributed by atoms with Crippen LogP contribution in [0.5, 0.6) is 0 Å². The third kappa shape index (κ3) is 28.9. The zero-order valence-electron chi connectivity index (χ0n) is 52.9. The van der Waals surface area contributed by atoms with Gasteiger partial charge in [0.25, 0.3) is 0 Å². The molecular formula is C60H121N4OSi4Y. The number of allylic oxidation sites excluding steroid dienone is 9. The summed E-state index contributed by atoms with van der Waals surface area (Å²) >= 11 is 0. The summed E-state index contributed by atoms with van der Waals surface area (Å²) < 4.78 is 4.94. The van der Waals surface area contributed by atoms with Crippen molar-refractivity contribution in [1.29, 1.82) is 5.41 Å². The Morgan fingerprint density at radius 1 is 0.471 bits per heavy atom. The molecule has 0 amide bonds. The van der Waals surface area contributed by atoms with Crippen LogP contribution in [0.3, 0.4) is 0 Å². The molecule has 1 aliphatic heterocycles. The smallest absolute Gasteiger partial charge is 0.702 e. The van der Waals surface area contributed by atoms with Crippen LogP contribution >= 0.6 is 0 Å². The predicted molar refractivity (Wildman–Crippen MR) is 331 cm³/mol. The van der Waals surface area contributed by atoms with Crippen LogP contribution in [0.4, 0.5) is 0 Å². The van der Waals surface area contributed by atoms with E-state index < -0.39 is 32.3 Å². The molecule has 70 heavy (non-hydrogen) atoms. The molecule has 10 heteroatoms. The zero-order valence-corrected chi connectivity index (χ0v) is 59.7. The minimum Gasteiger partial charge on any atom is -0.702 e. The Morgan fingerprint density at radius 2 is 0.771 bits per heavy atom. The molecule has 2 unspecified atom stereocenters. The molecule has 1 fully saturated rings. The second kappa shape index (κ2) is 28.5. The van der Waals surface area contributed by atoms with Gasteiger partial charge in [-0.3, -0.25) is 0 Å². The van der Waals surface area contributed by atoms with Crippen molar-refractivity contribution in [2.75, 3.05) is 13.2 Å². The molecular weight excluding hydrogens is 994 g/mol. The topological polar surface area (TPSA) is 104 Å². The summed E-state index contributed by atoms with van der Waals surface area (Å²) in [5, 5.41) is 10.5. The molecule has 2 atom stereocenters. The van der Waals surface area contributed by atoms with Crippen molar-refractivity contribution in [1.82, 2.24) is 0 Å². The maximum absolute atomic E-state index is 9.24. The van der Waals surface area contributed by atoms with Crippen molar-refractivity contribution in [2.45, 2.75) is 258 Å². The van der Waals surface area contributed by atoms with Gasteiger partial charge in [-0.1, -0.05) is 272 Å². The number of nitrogens with one attached hydrogen (secondary N) is 4. The van der Waals surface area contributed by atoms with E-state index >= 15 is 0 Å². The molecule has 0 saturated carbocycles. The molecule has 5 nitrogen and oxygen atoms in total. The van der Waals surface area contributed by atoms with Gasteiger partial charge in [0.1, 0.15) is 0 Å². The van der Waals surface area contributed by atoms with Crippen molar-refractivity contribution in [3.8, 4) is 0 Å². The molecule has 0 aromatic rings. The summed E-state index contributed by atoms with van der Waals surface area (Å²) in [4.78, 5) is 0. The van der Waals surface area contributed by atoms with E-state index in [0.29, 0.717) is 27.2 Å². The molecule has 0 spiro atoms. The predicted octanol–water partition coefficient (Wildman–Crippen LogP) is 22.3. The molecule has 1 heterocycles. The maximum Gasteiger partial charge on any atom is 3.00 e. The Morgan fingerprint density at radius 3 is 1.00 bits per heavy atom. The zero-order chi connectivity index (χ0) is 56.1. The first-order valence-corrected chi connectivity index (χ1v) is 39.0. The van der Waals surface area contributed by atoms with Gasteiger partial charge in [-0.25, -0.2) is 0 Å². The SMILES string of the molecule is C1CCOC1.CC(C)(C)C(=N)C(C=C[Si](C)(C)C(C)(C)C)C(C=C([NH-])C(C)(C)C)C[Si](C)(C)C(C)(C)C.CC(C)(C)C([NH-])=CC=C[Si](C)(C)C(C)(C)C.CC(C)(C)C([NH-])=CC=C[Si](C)(C)C(C)(C)C.[Y+3]. The molecule has 1 aliphatic rings. The third-order valence-electron chi connectivity index (χ3n) is 16.1. The minimum atomic E-state index is -1.62. The third-order valence-corrected chi connectivity index (χ3v) is 36.3. The van der Waals surface area contributed by atoms with Gasteiger partial charge in [0.2, 0.25) is 0 Å². The van der Waals surface area contributed by atoms with Gasteiger partial charge in [-0.15, -0.1) is 0 Å². The van der Waals surface area contributed by atoms with Crippen molar-refractivity contribution >= 4 is 38.0 Å². The first-order valence-electron chi connectivity index (χ1n) is 26.5. The molecule has 406 valence electrons. The van der Waals surface area contributed by atoms with E-state index in [1.54, 1.807) is 0 Å². The second-order valence-electron chi connectivity index (χ2n) is 31.0. The van der Waals surface area contributed by atoms with Crippen molar-refractivity contribution in [3.05, 3.63) is 87.8 Å². The molecule has 0 aliphatic carbocycles. The van der Waals surface area contributed by atoms with Gasteiger partial charge in [0.05, 0.1) is 32.3 Å². The molecule has 4 N–H and O–H groups in total. The fraction of sp³-hybridized carbons (Fsp3) is 0.783. The number of ether oxygens (including phenoxy) is 1. The van der Waals surface area contributed by atoms with Crippen LogP contribution in [0.15, 0.2) is 70.6 Å². The quantitative estimate of drug-likeness (QED) is 0.124. The van der Waals surface area contributed by atoms with E-state index in [2.05, 4.69) is 260 Å². The number of hydrogen-bond donors (Lipinski definition) is 1. The molecule has 1 rings (SSSR count). The fourth-order valence-electron chi connectivity index (χ4n) is 5.48. The van der Waals surface area contributed by atoms with Gasteiger partial charge in [0.15, 0.2) is 0 Å². The summed E-state index contributed by atoms with van der Waals surface area (Å²) in [6, 6.07) is 1.10. The average molecular weight is 1120 g/mol. The molecule has 1 saturated heterocycles. The van der Waals surface area contributed by atoms with Crippen LogP contribution < -0.4 is 0 Å². The normalized spacial score (nSPS) is 17.0. The summed E-state index contributed by atoms with van der Waals surface area (Å²) in [6.45, 7) is 74.7. The molecule has 0 radical (unpaired) electrons. The average Bonchev–Trinajstić information content (AvgIpc) is 3.69. The largest absolute Gasteiger partial charge is 3.00 e. The van der Waals surface area contributed by atoms with E-state index in [0.717, 1.165) is 25.0 Å². The van der Waals surface area contributed by atoms with E-state index in [1.807, 2.05) is 12.2 Å². The van der Waals surface area contributed by atoms with Crippen molar-refractivity contribution in [3.63, 3.8) is 0 Å². The molecule has 0 bridgehead atoms. The first kappa shape index (κ1) is 76.0. The summed E-state index contributed by atoms with van der Waals surface area (Å²) in [6.07, 6.45) is 15.2. The fourth-order valence-corrected chi connectivity index (χ4v) is 11.0.